The number of aromatic nitrogens is 1. The lowest BCUT2D eigenvalue weighted by Gasteiger charge is -2.07. The molecule has 0 aliphatic heterocycles. The third-order valence-electron chi connectivity index (χ3n) is 4.77. The lowest BCUT2D eigenvalue weighted by atomic mass is 10.1. The molecule has 0 fully saturated rings. The second-order valence-electron chi connectivity index (χ2n) is 6.42. The number of unbranched alkanes of at least 4 members (excludes halogenated alkanes) is 5. The molecule has 1 heteroatoms. The molecule has 0 bridgehead atoms. The Morgan fingerprint density at radius 2 is 1.61 bits per heavy atom. The van der Waals surface area contributed by atoms with E-state index in [1.807, 2.05) is 6.08 Å². The Labute approximate surface area is 139 Å². The number of para-hydroxylation sites is 1. The summed E-state index contributed by atoms with van der Waals surface area (Å²) in [5.74, 6) is 0. The number of aryl methyl sites for hydroxylation is 1. The molecule has 0 unspecified atom stereocenters. The van der Waals surface area contributed by atoms with Gasteiger partial charge in [-0.2, -0.15) is 0 Å². The molecule has 0 N–H and O–H groups in total. The van der Waals surface area contributed by atoms with E-state index < -0.39 is 0 Å². The topological polar surface area (TPSA) is 4.93 Å². The Hall–Kier alpha value is -2.02. The highest BCUT2D eigenvalue weighted by Gasteiger charge is 2.09. The van der Waals surface area contributed by atoms with Crippen molar-refractivity contribution < 1.29 is 0 Å². The van der Waals surface area contributed by atoms with E-state index in [4.69, 9.17) is 0 Å². The third kappa shape index (κ3) is 3.34. The predicted octanol–water partition coefficient (Wildman–Crippen LogP) is 6.80. The van der Waals surface area contributed by atoms with Crippen LogP contribution in [-0.4, -0.2) is 4.57 Å². The van der Waals surface area contributed by atoms with Gasteiger partial charge in [-0.25, -0.2) is 0 Å². The highest BCUT2D eigenvalue weighted by atomic mass is 15.0. The summed E-state index contributed by atoms with van der Waals surface area (Å²) in [4.78, 5) is 0. The van der Waals surface area contributed by atoms with Gasteiger partial charge >= 0.3 is 0 Å². The van der Waals surface area contributed by atoms with Crippen LogP contribution in [0.25, 0.3) is 27.9 Å². The first-order valence-corrected chi connectivity index (χ1v) is 8.98. The SMILES string of the molecule is C=Cc1ccc2c(c1)c1ccccc1n2CCCCCCCC. The highest BCUT2D eigenvalue weighted by Crippen LogP contribution is 2.30. The monoisotopic (exact) mass is 305 g/mol. The van der Waals surface area contributed by atoms with Crippen molar-refractivity contribution in [1.29, 1.82) is 0 Å². The van der Waals surface area contributed by atoms with Crippen LogP contribution in [0.4, 0.5) is 0 Å². The molecule has 1 heterocycles. The molecule has 0 saturated carbocycles. The number of fused-ring (bicyclic) bond motifs is 3. The Balaban J connectivity index is 1.87. The lowest BCUT2D eigenvalue weighted by Crippen LogP contribution is -1.97. The molecule has 1 aromatic heterocycles. The van der Waals surface area contributed by atoms with Gasteiger partial charge in [-0.15, -0.1) is 0 Å². The van der Waals surface area contributed by atoms with E-state index in [-0.39, 0.29) is 0 Å². The predicted molar refractivity (Wildman–Crippen MR) is 103 cm³/mol. The zero-order valence-electron chi connectivity index (χ0n) is 14.2. The minimum Gasteiger partial charge on any atom is -0.340 e. The van der Waals surface area contributed by atoms with Crippen molar-refractivity contribution in [2.45, 2.75) is 52.0 Å². The Bertz CT molecular complexity index is 794. The normalized spacial score (nSPS) is 11.3. The number of hydrogen-bond acceptors (Lipinski definition) is 0. The summed E-state index contributed by atoms with van der Waals surface area (Å²) >= 11 is 0. The first-order chi connectivity index (χ1) is 11.3. The van der Waals surface area contributed by atoms with E-state index in [2.05, 4.69) is 60.5 Å². The molecular formula is C22H27N. The van der Waals surface area contributed by atoms with Crippen LogP contribution in [0, 0.1) is 0 Å². The zero-order valence-corrected chi connectivity index (χ0v) is 14.2. The van der Waals surface area contributed by atoms with Crippen molar-refractivity contribution in [2.75, 3.05) is 0 Å². The maximum Gasteiger partial charge on any atom is 0.0491 e. The van der Waals surface area contributed by atoms with Gasteiger partial charge in [0.05, 0.1) is 0 Å². The van der Waals surface area contributed by atoms with Crippen LogP contribution in [0.5, 0.6) is 0 Å². The summed E-state index contributed by atoms with van der Waals surface area (Å²) in [6.45, 7) is 7.29. The fourth-order valence-corrected chi connectivity index (χ4v) is 3.49. The van der Waals surface area contributed by atoms with E-state index in [0.717, 1.165) is 6.54 Å². The number of nitrogens with zero attached hydrogens (tertiary/aromatic N) is 1. The van der Waals surface area contributed by atoms with Crippen LogP contribution in [-0.2, 0) is 6.54 Å². The van der Waals surface area contributed by atoms with Crippen LogP contribution in [0.15, 0.2) is 49.0 Å². The number of hydrogen-bond donors (Lipinski definition) is 0. The second-order valence-corrected chi connectivity index (χ2v) is 6.42. The smallest absolute Gasteiger partial charge is 0.0491 e. The molecule has 0 saturated heterocycles. The van der Waals surface area contributed by atoms with Crippen molar-refractivity contribution in [3.05, 3.63) is 54.6 Å². The summed E-state index contributed by atoms with van der Waals surface area (Å²) in [7, 11) is 0. The standard InChI is InChI=1S/C22H27N/c1-3-5-6-7-8-11-16-23-21-13-10-9-12-19(21)20-17-18(4-2)14-15-22(20)23/h4,9-10,12-15,17H,2-3,5-8,11,16H2,1H3. The fourth-order valence-electron chi connectivity index (χ4n) is 3.49. The number of rotatable bonds is 8. The van der Waals surface area contributed by atoms with E-state index in [1.54, 1.807) is 0 Å². The number of benzene rings is 2. The van der Waals surface area contributed by atoms with Crippen LogP contribution in [0.1, 0.15) is 51.0 Å². The summed E-state index contributed by atoms with van der Waals surface area (Å²) in [5, 5.41) is 2.71. The molecule has 3 rings (SSSR count). The fraction of sp³-hybridized carbons (Fsp3) is 0.364. The molecule has 2 aromatic carbocycles. The Morgan fingerprint density at radius 1 is 0.870 bits per heavy atom. The molecule has 23 heavy (non-hydrogen) atoms. The maximum absolute atomic E-state index is 3.90. The lowest BCUT2D eigenvalue weighted by molar-refractivity contribution is 0.571. The molecule has 0 aliphatic rings. The maximum atomic E-state index is 3.90. The molecule has 0 atom stereocenters. The molecule has 120 valence electrons. The van der Waals surface area contributed by atoms with Crippen molar-refractivity contribution in [3.63, 3.8) is 0 Å². The summed E-state index contributed by atoms with van der Waals surface area (Å²) in [5.41, 5.74) is 3.91. The van der Waals surface area contributed by atoms with Gasteiger partial charge in [0.1, 0.15) is 0 Å². The molecule has 0 amide bonds. The van der Waals surface area contributed by atoms with Gasteiger partial charge in [-0.1, -0.05) is 75.9 Å². The van der Waals surface area contributed by atoms with Crippen LogP contribution in [0.3, 0.4) is 0 Å². The van der Waals surface area contributed by atoms with Gasteiger partial charge in [-0.05, 0) is 30.2 Å². The van der Waals surface area contributed by atoms with Crippen molar-refractivity contribution in [3.8, 4) is 0 Å². The van der Waals surface area contributed by atoms with Crippen LogP contribution >= 0.6 is 0 Å². The van der Waals surface area contributed by atoms with Gasteiger partial charge < -0.3 is 4.57 Å². The van der Waals surface area contributed by atoms with Gasteiger partial charge in [0, 0.05) is 28.4 Å². The summed E-state index contributed by atoms with van der Waals surface area (Å²) in [6, 6.07) is 15.5. The molecule has 0 radical (unpaired) electrons. The van der Waals surface area contributed by atoms with Gasteiger partial charge in [0.2, 0.25) is 0 Å². The van der Waals surface area contributed by atoms with E-state index in [1.165, 1.54) is 65.9 Å². The first kappa shape index (κ1) is 15.9. The van der Waals surface area contributed by atoms with E-state index in [0.29, 0.717) is 0 Å². The van der Waals surface area contributed by atoms with Crippen LogP contribution < -0.4 is 0 Å². The Kier molecular flexibility index (Phi) is 5.17. The van der Waals surface area contributed by atoms with Crippen molar-refractivity contribution in [1.82, 2.24) is 4.57 Å². The van der Waals surface area contributed by atoms with Gasteiger partial charge in [-0.3, -0.25) is 0 Å². The quantitative estimate of drug-likeness (QED) is 0.403. The van der Waals surface area contributed by atoms with E-state index >= 15 is 0 Å². The third-order valence-corrected chi connectivity index (χ3v) is 4.77. The zero-order chi connectivity index (χ0) is 16.1. The molecule has 0 aliphatic carbocycles. The largest absolute Gasteiger partial charge is 0.340 e. The van der Waals surface area contributed by atoms with E-state index in [9.17, 15) is 0 Å². The average Bonchev–Trinajstić information content (AvgIpc) is 2.91. The van der Waals surface area contributed by atoms with Gasteiger partial charge in [0.25, 0.3) is 0 Å². The second kappa shape index (κ2) is 7.50. The molecule has 0 spiro atoms. The van der Waals surface area contributed by atoms with Gasteiger partial charge in [0.15, 0.2) is 0 Å². The molecule has 3 aromatic rings. The van der Waals surface area contributed by atoms with Crippen molar-refractivity contribution >= 4 is 27.9 Å². The Morgan fingerprint density at radius 3 is 2.43 bits per heavy atom. The summed E-state index contributed by atoms with van der Waals surface area (Å²) < 4.78 is 2.50. The average molecular weight is 305 g/mol. The first-order valence-electron chi connectivity index (χ1n) is 8.98. The van der Waals surface area contributed by atoms with Crippen LogP contribution in [0.2, 0.25) is 0 Å². The minimum absolute atomic E-state index is 1.11. The summed E-state index contributed by atoms with van der Waals surface area (Å²) in [6.07, 6.45) is 9.97. The van der Waals surface area contributed by atoms with Crippen molar-refractivity contribution in [2.24, 2.45) is 0 Å². The highest BCUT2D eigenvalue weighted by molar-refractivity contribution is 6.08. The molecule has 1 nitrogen and oxygen atoms in total. The minimum atomic E-state index is 1.11. The molecular weight excluding hydrogens is 278 g/mol.